The normalized spacial score (nSPS) is 20.2. The molecule has 0 amide bonds. The van der Waals surface area contributed by atoms with Gasteiger partial charge >= 0.3 is 5.97 Å². The van der Waals surface area contributed by atoms with Gasteiger partial charge in [0.15, 0.2) is 0 Å². The van der Waals surface area contributed by atoms with Gasteiger partial charge in [0.25, 0.3) is 11.7 Å². The number of hydrogen-bond donors (Lipinski definition) is 0. The Morgan fingerprint density at radius 1 is 1.31 bits per heavy atom. The van der Waals surface area contributed by atoms with Crippen molar-refractivity contribution >= 4 is 21.8 Å². The molecule has 0 fully saturated rings. The SMILES string of the molecule is CCS(=O)(=O)N(C)C1=C(OC(C)=O)C(=O)C(C)(c2c(F)cccc2F)O1. The van der Waals surface area contributed by atoms with Crippen molar-refractivity contribution in [1.82, 2.24) is 4.31 Å². The van der Waals surface area contributed by atoms with Gasteiger partial charge in [-0.3, -0.25) is 9.59 Å². The van der Waals surface area contributed by atoms with E-state index >= 15 is 0 Å². The number of nitrogens with zero attached hydrogens (tertiary/aromatic N) is 1. The lowest BCUT2D eigenvalue weighted by Crippen LogP contribution is -2.35. The summed E-state index contributed by atoms with van der Waals surface area (Å²) in [6.07, 6.45) is 0. The van der Waals surface area contributed by atoms with E-state index in [2.05, 4.69) is 0 Å². The fourth-order valence-corrected chi connectivity index (χ4v) is 3.24. The van der Waals surface area contributed by atoms with Crippen molar-refractivity contribution in [2.45, 2.75) is 26.4 Å². The third-order valence-corrected chi connectivity index (χ3v) is 5.62. The summed E-state index contributed by atoms with van der Waals surface area (Å²) in [7, 11) is -2.83. The summed E-state index contributed by atoms with van der Waals surface area (Å²) in [5, 5.41) is 0. The van der Waals surface area contributed by atoms with E-state index in [4.69, 9.17) is 9.47 Å². The summed E-state index contributed by atoms with van der Waals surface area (Å²) in [6, 6.07) is 2.96. The number of sulfonamides is 1. The van der Waals surface area contributed by atoms with E-state index in [9.17, 15) is 26.8 Å². The zero-order valence-electron chi connectivity index (χ0n) is 14.5. The molecule has 0 N–H and O–H groups in total. The molecule has 0 saturated carbocycles. The quantitative estimate of drug-likeness (QED) is 0.714. The molecule has 1 aromatic carbocycles. The minimum absolute atomic E-state index is 0.345. The summed E-state index contributed by atoms with van der Waals surface area (Å²) < 4.78 is 63.5. The Morgan fingerprint density at radius 3 is 2.31 bits per heavy atom. The first-order chi connectivity index (χ1) is 12.0. The molecular formula is C16H17F2NO6S. The smallest absolute Gasteiger partial charge is 0.308 e. The number of ketones is 1. The Hall–Kier alpha value is -2.49. The molecule has 2 rings (SSSR count). The van der Waals surface area contributed by atoms with Gasteiger partial charge in [0.1, 0.15) is 11.6 Å². The Morgan fingerprint density at radius 2 is 1.85 bits per heavy atom. The lowest BCUT2D eigenvalue weighted by Gasteiger charge is -2.27. The third-order valence-electron chi connectivity index (χ3n) is 3.89. The molecule has 1 unspecified atom stereocenters. The van der Waals surface area contributed by atoms with Crippen LogP contribution in [-0.2, 0) is 34.7 Å². The number of Topliss-reactive ketones (excluding diaryl/α,β-unsaturated/α-hetero) is 1. The molecule has 0 aliphatic carbocycles. The lowest BCUT2D eigenvalue weighted by molar-refractivity contribution is -0.142. The van der Waals surface area contributed by atoms with Crippen LogP contribution >= 0.6 is 0 Å². The molecule has 26 heavy (non-hydrogen) atoms. The first kappa shape index (κ1) is 19.8. The fraction of sp³-hybridized carbons (Fsp3) is 0.375. The minimum atomic E-state index is -3.91. The number of rotatable bonds is 5. The maximum absolute atomic E-state index is 14.2. The van der Waals surface area contributed by atoms with E-state index < -0.39 is 56.2 Å². The van der Waals surface area contributed by atoms with E-state index in [-0.39, 0.29) is 5.75 Å². The standard InChI is InChI=1S/C16H17F2NO6S/c1-5-26(22,23)19(4)15-13(24-9(2)20)14(21)16(3,25-15)12-10(17)7-6-8-11(12)18/h6-8H,5H2,1-4H3. The van der Waals surface area contributed by atoms with Gasteiger partial charge in [-0.2, -0.15) is 0 Å². The number of ether oxygens (including phenoxy) is 2. The maximum atomic E-state index is 14.2. The monoisotopic (exact) mass is 389 g/mol. The van der Waals surface area contributed by atoms with Crippen LogP contribution in [0.25, 0.3) is 0 Å². The van der Waals surface area contributed by atoms with Crippen molar-refractivity contribution in [3.63, 3.8) is 0 Å². The molecular weight excluding hydrogens is 372 g/mol. The van der Waals surface area contributed by atoms with Crippen molar-refractivity contribution in [2.75, 3.05) is 12.8 Å². The molecule has 0 radical (unpaired) electrons. The second kappa shape index (κ2) is 6.67. The molecule has 1 heterocycles. The van der Waals surface area contributed by atoms with Crippen LogP contribution in [0.1, 0.15) is 26.3 Å². The highest BCUT2D eigenvalue weighted by atomic mass is 32.2. The predicted octanol–water partition coefficient (Wildman–Crippen LogP) is 1.79. The van der Waals surface area contributed by atoms with Crippen LogP contribution in [0, 0.1) is 11.6 Å². The Bertz CT molecular complexity index is 891. The van der Waals surface area contributed by atoms with Crippen LogP contribution in [0.3, 0.4) is 0 Å². The lowest BCUT2D eigenvalue weighted by atomic mass is 9.90. The van der Waals surface area contributed by atoms with Crippen LogP contribution in [-0.4, -0.2) is 37.3 Å². The highest BCUT2D eigenvalue weighted by Gasteiger charge is 2.54. The van der Waals surface area contributed by atoms with E-state index in [1.807, 2.05) is 0 Å². The number of esters is 1. The van der Waals surface area contributed by atoms with Gasteiger partial charge in [-0.15, -0.1) is 0 Å². The molecule has 0 spiro atoms. The van der Waals surface area contributed by atoms with Crippen LogP contribution < -0.4 is 0 Å². The highest BCUT2D eigenvalue weighted by molar-refractivity contribution is 7.89. The maximum Gasteiger partial charge on any atom is 0.308 e. The van der Waals surface area contributed by atoms with Gasteiger partial charge in [0.05, 0.1) is 11.3 Å². The fourth-order valence-electron chi connectivity index (χ4n) is 2.48. The van der Waals surface area contributed by atoms with E-state index in [1.54, 1.807) is 0 Å². The second-order valence-corrected chi connectivity index (χ2v) is 7.95. The van der Waals surface area contributed by atoms with Crippen LogP contribution in [0.4, 0.5) is 8.78 Å². The molecule has 1 atom stereocenters. The van der Waals surface area contributed by atoms with E-state index in [1.165, 1.54) is 6.92 Å². The van der Waals surface area contributed by atoms with E-state index in [0.29, 0.717) is 4.31 Å². The van der Waals surface area contributed by atoms with Gasteiger partial charge < -0.3 is 9.47 Å². The van der Waals surface area contributed by atoms with Gasteiger partial charge in [0, 0.05) is 14.0 Å². The molecule has 1 aliphatic rings. The molecule has 0 bridgehead atoms. The second-order valence-electron chi connectivity index (χ2n) is 5.66. The Labute approximate surface area is 149 Å². The number of hydrogen-bond acceptors (Lipinski definition) is 6. The number of halogens is 2. The predicted molar refractivity (Wildman–Crippen MR) is 85.8 cm³/mol. The zero-order valence-corrected chi connectivity index (χ0v) is 15.3. The van der Waals surface area contributed by atoms with Crippen molar-refractivity contribution in [2.24, 2.45) is 0 Å². The van der Waals surface area contributed by atoms with Gasteiger partial charge in [-0.05, 0) is 26.0 Å². The molecule has 1 aliphatic heterocycles. The summed E-state index contributed by atoms with van der Waals surface area (Å²) in [6.45, 7) is 3.41. The average Bonchev–Trinajstić information content (AvgIpc) is 2.79. The molecule has 1 aromatic rings. The summed E-state index contributed by atoms with van der Waals surface area (Å²) >= 11 is 0. The van der Waals surface area contributed by atoms with Crippen molar-refractivity contribution < 1.29 is 36.3 Å². The van der Waals surface area contributed by atoms with Crippen molar-refractivity contribution in [1.29, 1.82) is 0 Å². The summed E-state index contributed by atoms with van der Waals surface area (Å²) in [5.74, 6) is -5.82. The Balaban J connectivity index is 2.65. The molecule has 10 heteroatoms. The van der Waals surface area contributed by atoms with Crippen molar-refractivity contribution in [3.8, 4) is 0 Å². The average molecular weight is 389 g/mol. The van der Waals surface area contributed by atoms with Crippen LogP contribution in [0.15, 0.2) is 29.8 Å². The van der Waals surface area contributed by atoms with Crippen LogP contribution in [0.5, 0.6) is 0 Å². The summed E-state index contributed by atoms with van der Waals surface area (Å²) in [5.41, 5.74) is -2.96. The third kappa shape index (κ3) is 3.16. The summed E-state index contributed by atoms with van der Waals surface area (Å²) in [4.78, 5) is 24.1. The first-order valence-electron chi connectivity index (χ1n) is 7.53. The zero-order chi connectivity index (χ0) is 19.9. The minimum Gasteiger partial charge on any atom is -0.456 e. The van der Waals surface area contributed by atoms with E-state index in [0.717, 1.165) is 39.1 Å². The molecule has 142 valence electrons. The topological polar surface area (TPSA) is 90.0 Å². The first-order valence-corrected chi connectivity index (χ1v) is 9.14. The van der Waals surface area contributed by atoms with Crippen molar-refractivity contribution in [3.05, 3.63) is 47.0 Å². The van der Waals surface area contributed by atoms with Gasteiger partial charge in [-0.1, -0.05) is 6.07 Å². The molecule has 0 aromatic heterocycles. The number of benzene rings is 1. The van der Waals surface area contributed by atoms with Crippen LogP contribution in [0.2, 0.25) is 0 Å². The Kier molecular flexibility index (Phi) is 5.09. The number of carbonyl (C=O) groups is 2. The molecule has 0 saturated heterocycles. The highest BCUT2D eigenvalue weighted by Crippen LogP contribution is 2.42. The van der Waals surface area contributed by atoms with Gasteiger partial charge in [0.2, 0.25) is 21.4 Å². The van der Waals surface area contributed by atoms with Gasteiger partial charge in [-0.25, -0.2) is 21.5 Å². The largest absolute Gasteiger partial charge is 0.456 e. The molecule has 7 nitrogen and oxygen atoms in total. The number of carbonyl (C=O) groups excluding carboxylic acids is 2.